The quantitative estimate of drug-likeness (QED) is 0.501. The van der Waals surface area contributed by atoms with Gasteiger partial charge in [-0.3, -0.25) is 0 Å². The van der Waals surface area contributed by atoms with Crippen molar-refractivity contribution in [3.63, 3.8) is 0 Å². The zero-order valence-electron chi connectivity index (χ0n) is 13.5. The highest BCUT2D eigenvalue weighted by Crippen LogP contribution is 2.40. The van der Waals surface area contributed by atoms with E-state index in [-0.39, 0.29) is 10.6 Å². The fourth-order valence-electron chi connectivity index (χ4n) is 2.59. The second kappa shape index (κ2) is 6.47. The van der Waals surface area contributed by atoms with Crippen LogP contribution in [-0.4, -0.2) is 19.9 Å². The van der Waals surface area contributed by atoms with E-state index in [9.17, 15) is 4.39 Å². The highest BCUT2D eigenvalue weighted by molar-refractivity contribution is 7.17. The molecule has 4 aromatic rings. The number of aromatic nitrogens is 4. The van der Waals surface area contributed by atoms with Gasteiger partial charge in [0.2, 0.25) is 0 Å². The average Bonchev–Trinajstić information content (AvgIpc) is 3.10. The molecular weight excluding hydrogens is 375 g/mol. The lowest BCUT2D eigenvalue weighted by atomic mass is 10.0. The number of benzene rings is 1. The molecule has 0 saturated heterocycles. The van der Waals surface area contributed by atoms with E-state index in [1.807, 2.05) is 6.92 Å². The Kier molecular flexibility index (Phi) is 4.14. The van der Waals surface area contributed by atoms with Gasteiger partial charge in [0.05, 0.1) is 26.4 Å². The van der Waals surface area contributed by atoms with Crippen LogP contribution in [0.25, 0.3) is 21.3 Å². The lowest BCUT2D eigenvalue weighted by Crippen LogP contribution is -1.99. The summed E-state index contributed by atoms with van der Waals surface area (Å²) in [6.45, 7) is 1.87. The number of nitrogens with one attached hydrogen (secondary N) is 1. The molecule has 0 fully saturated rings. The van der Waals surface area contributed by atoms with Crippen molar-refractivity contribution in [2.45, 2.75) is 6.92 Å². The molecule has 6 nitrogen and oxygen atoms in total. The number of nitrogens with zero attached hydrogens (tertiary/aromatic N) is 4. The van der Waals surface area contributed by atoms with Crippen molar-refractivity contribution < 1.29 is 4.39 Å². The van der Waals surface area contributed by atoms with E-state index in [2.05, 4.69) is 25.3 Å². The van der Waals surface area contributed by atoms with E-state index in [1.54, 1.807) is 11.6 Å². The lowest BCUT2D eigenvalue weighted by molar-refractivity contribution is 0.631. The van der Waals surface area contributed by atoms with E-state index >= 15 is 0 Å². The van der Waals surface area contributed by atoms with Gasteiger partial charge in [0.25, 0.3) is 0 Å². The van der Waals surface area contributed by atoms with E-state index < -0.39 is 5.82 Å². The first kappa shape index (κ1) is 16.6. The van der Waals surface area contributed by atoms with Crippen LogP contribution >= 0.6 is 22.9 Å². The standard InChI is InChI=1S/C17H12ClFN6S/c1-8-4-12(23-6-22-8)25-17-16-15(24-7-26-16)9(5-21-17)13-10(19)2-3-11(20)14(13)18/h2-7H,20H2,1H3,(H,21,22,23,25). The largest absolute Gasteiger partial charge is 0.398 e. The summed E-state index contributed by atoms with van der Waals surface area (Å²) in [4.78, 5) is 17.0. The van der Waals surface area contributed by atoms with Gasteiger partial charge in [-0.15, -0.1) is 11.3 Å². The maximum atomic E-state index is 14.4. The number of anilines is 3. The molecule has 0 amide bonds. The Hall–Kier alpha value is -2.84. The number of rotatable bonds is 3. The number of nitrogens with two attached hydrogens (primary N) is 1. The van der Waals surface area contributed by atoms with Crippen molar-refractivity contribution in [1.29, 1.82) is 0 Å². The van der Waals surface area contributed by atoms with Gasteiger partial charge in [-0.2, -0.15) is 0 Å². The number of thiazole rings is 1. The highest BCUT2D eigenvalue weighted by atomic mass is 35.5. The minimum absolute atomic E-state index is 0.147. The van der Waals surface area contributed by atoms with Crippen molar-refractivity contribution in [3.05, 3.63) is 52.8 Å². The molecule has 3 N–H and O–H groups in total. The van der Waals surface area contributed by atoms with E-state index in [0.717, 1.165) is 10.4 Å². The molecule has 0 unspecified atom stereocenters. The Balaban J connectivity index is 1.86. The fraction of sp³-hybridized carbons (Fsp3) is 0.0588. The van der Waals surface area contributed by atoms with Crippen molar-refractivity contribution in [3.8, 4) is 11.1 Å². The van der Waals surface area contributed by atoms with Crippen LogP contribution in [0.15, 0.2) is 36.2 Å². The molecule has 0 saturated carbocycles. The molecule has 0 atom stereocenters. The molecule has 9 heteroatoms. The highest BCUT2D eigenvalue weighted by Gasteiger charge is 2.19. The van der Waals surface area contributed by atoms with Gasteiger partial charge >= 0.3 is 0 Å². The van der Waals surface area contributed by atoms with Crippen LogP contribution in [0, 0.1) is 12.7 Å². The van der Waals surface area contributed by atoms with E-state index in [0.29, 0.717) is 28.4 Å². The number of nitrogen functional groups attached to an aromatic ring is 1. The van der Waals surface area contributed by atoms with Gasteiger partial charge in [0.15, 0.2) is 5.82 Å². The maximum Gasteiger partial charge on any atom is 0.151 e. The minimum Gasteiger partial charge on any atom is -0.398 e. The third-order valence-electron chi connectivity index (χ3n) is 3.80. The summed E-state index contributed by atoms with van der Waals surface area (Å²) in [5, 5.41) is 3.30. The molecule has 3 aromatic heterocycles. The van der Waals surface area contributed by atoms with Crippen molar-refractivity contribution >= 4 is 50.5 Å². The fourth-order valence-corrected chi connectivity index (χ4v) is 3.59. The van der Waals surface area contributed by atoms with Crippen molar-refractivity contribution in [2.24, 2.45) is 0 Å². The van der Waals surface area contributed by atoms with Crippen LogP contribution in [0.3, 0.4) is 0 Å². The summed E-state index contributed by atoms with van der Waals surface area (Å²) in [6, 6.07) is 4.52. The second-order valence-corrected chi connectivity index (χ2v) is 6.78. The summed E-state index contributed by atoms with van der Waals surface area (Å²) >= 11 is 7.62. The van der Waals surface area contributed by atoms with Crippen molar-refractivity contribution in [2.75, 3.05) is 11.1 Å². The molecule has 26 heavy (non-hydrogen) atoms. The SMILES string of the molecule is Cc1cc(Nc2ncc(-c3c(F)ccc(N)c3Cl)c3ncsc23)ncn1. The molecule has 0 spiro atoms. The third-order valence-corrected chi connectivity index (χ3v) is 5.04. The van der Waals surface area contributed by atoms with Gasteiger partial charge in [-0.25, -0.2) is 24.3 Å². The van der Waals surface area contributed by atoms with Crippen molar-refractivity contribution in [1.82, 2.24) is 19.9 Å². The predicted octanol–water partition coefficient (Wildman–Crippen LogP) is 4.58. The molecule has 0 aliphatic heterocycles. The van der Waals surface area contributed by atoms with Crippen LogP contribution in [0.1, 0.15) is 5.69 Å². The van der Waals surface area contributed by atoms with Crippen LogP contribution in [0.5, 0.6) is 0 Å². The molecule has 1 aromatic carbocycles. The number of hydrogen-bond acceptors (Lipinski definition) is 7. The number of hydrogen-bond donors (Lipinski definition) is 2. The van der Waals surface area contributed by atoms with Gasteiger partial charge in [0.1, 0.15) is 18.0 Å². The molecule has 0 radical (unpaired) electrons. The summed E-state index contributed by atoms with van der Waals surface area (Å²) in [5.41, 5.74) is 9.89. The van der Waals surface area contributed by atoms with Crippen LogP contribution < -0.4 is 11.1 Å². The average molecular weight is 387 g/mol. The molecule has 0 aliphatic rings. The Morgan fingerprint density at radius 1 is 1.19 bits per heavy atom. The first-order valence-corrected chi connectivity index (χ1v) is 8.82. The second-order valence-electron chi connectivity index (χ2n) is 5.55. The normalized spacial score (nSPS) is 11.0. The lowest BCUT2D eigenvalue weighted by Gasteiger charge is -2.11. The molecule has 0 bridgehead atoms. The zero-order chi connectivity index (χ0) is 18.3. The molecule has 130 valence electrons. The summed E-state index contributed by atoms with van der Waals surface area (Å²) in [6.07, 6.45) is 3.00. The Morgan fingerprint density at radius 3 is 2.85 bits per heavy atom. The number of fused-ring (bicyclic) bond motifs is 1. The van der Waals surface area contributed by atoms with Crippen LogP contribution in [0.2, 0.25) is 5.02 Å². The topological polar surface area (TPSA) is 89.6 Å². The van der Waals surface area contributed by atoms with Gasteiger partial charge in [-0.1, -0.05) is 11.6 Å². The zero-order valence-corrected chi connectivity index (χ0v) is 15.1. The predicted molar refractivity (Wildman–Crippen MR) is 102 cm³/mol. The monoisotopic (exact) mass is 386 g/mol. The summed E-state index contributed by atoms with van der Waals surface area (Å²) in [5.74, 6) is 0.706. The van der Waals surface area contributed by atoms with Crippen LogP contribution in [-0.2, 0) is 0 Å². The minimum atomic E-state index is -0.479. The van der Waals surface area contributed by atoms with Gasteiger partial charge in [0, 0.05) is 29.1 Å². The number of pyridine rings is 1. The molecule has 4 rings (SSSR count). The first-order chi connectivity index (χ1) is 12.5. The number of halogens is 2. The summed E-state index contributed by atoms with van der Waals surface area (Å²) < 4.78 is 15.2. The Labute approximate surface area is 156 Å². The molecular formula is C17H12ClFN6S. The summed E-state index contributed by atoms with van der Waals surface area (Å²) in [7, 11) is 0. The first-order valence-electron chi connectivity index (χ1n) is 7.56. The number of aryl methyl sites for hydroxylation is 1. The maximum absolute atomic E-state index is 14.4. The Bertz CT molecular complexity index is 1130. The third kappa shape index (κ3) is 2.83. The van der Waals surface area contributed by atoms with Gasteiger partial charge < -0.3 is 11.1 Å². The molecule has 0 aliphatic carbocycles. The van der Waals surface area contributed by atoms with E-state index in [1.165, 1.54) is 36.0 Å². The Morgan fingerprint density at radius 2 is 2.04 bits per heavy atom. The van der Waals surface area contributed by atoms with Gasteiger partial charge in [-0.05, 0) is 19.1 Å². The molecule has 3 heterocycles. The van der Waals surface area contributed by atoms with Crippen LogP contribution in [0.4, 0.5) is 21.7 Å². The van der Waals surface area contributed by atoms with E-state index in [4.69, 9.17) is 17.3 Å². The smallest absolute Gasteiger partial charge is 0.151 e.